The third-order valence-electron chi connectivity index (χ3n) is 3.75. The molecule has 3 N–H and O–H groups in total. The van der Waals surface area contributed by atoms with Crippen LogP contribution in [0.15, 0.2) is 0 Å². The summed E-state index contributed by atoms with van der Waals surface area (Å²) in [6.07, 6.45) is 3.07. The zero-order valence-electron chi connectivity index (χ0n) is 12.4. The highest BCUT2D eigenvalue weighted by Gasteiger charge is 2.45. The molecule has 1 amide bonds. The lowest BCUT2D eigenvalue weighted by Gasteiger charge is -2.49. The Morgan fingerprint density at radius 2 is 1.94 bits per heavy atom. The molecule has 1 aliphatic rings. The second-order valence-electron chi connectivity index (χ2n) is 6.79. The van der Waals surface area contributed by atoms with E-state index in [1.165, 1.54) is 6.42 Å². The number of nitrogens with one attached hydrogen (secondary N) is 1. The van der Waals surface area contributed by atoms with Gasteiger partial charge in [-0.3, -0.25) is 0 Å². The molecular formula is C14H28N2O2. The van der Waals surface area contributed by atoms with Crippen LogP contribution in [0, 0.1) is 11.3 Å². The predicted octanol–water partition coefficient (Wildman–Crippen LogP) is 2.66. The van der Waals surface area contributed by atoms with Crippen molar-refractivity contribution in [3.05, 3.63) is 0 Å². The minimum Gasteiger partial charge on any atom is -0.444 e. The number of hydrogen-bond acceptors (Lipinski definition) is 3. The zero-order chi connectivity index (χ0) is 14.0. The van der Waals surface area contributed by atoms with E-state index < -0.39 is 5.60 Å². The molecule has 4 nitrogen and oxygen atoms in total. The van der Waals surface area contributed by atoms with E-state index in [4.69, 9.17) is 10.5 Å². The Bertz CT molecular complexity index is 285. The molecule has 0 aliphatic heterocycles. The fraction of sp³-hybridized carbons (Fsp3) is 0.929. The molecule has 1 fully saturated rings. The van der Waals surface area contributed by atoms with Crippen LogP contribution in [0.25, 0.3) is 0 Å². The van der Waals surface area contributed by atoms with Crippen LogP contribution >= 0.6 is 0 Å². The van der Waals surface area contributed by atoms with E-state index >= 15 is 0 Å². The minimum absolute atomic E-state index is 0.0745. The number of alkyl carbamates (subject to hydrolysis) is 1. The van der Waals surface area contributed by atoms with E-state index in [-0.39, 0.29) is 17.6 Å². The van der Waals surface area contributed by atoms with Crippen molar-refractivity contribution in [2.75, 3.05) is 6.54 Å². The molecule has 0 aromatic carbocycles. The van der Waals surface area contributed by atoms with Gasteiger partial charge in [-0.1, -0.05) is 20.3 Å². The van der Waals surface area contributed by atoms with Gasteiger partial charge in [0.1, 0.15) is 5.60 Å². The summed E-state index contributed by atoms with van der Waals surface area (Å²) in [6.45, 7) is 10.5. The Kier molecular flexibility index (Phi) is 4.65. The van der Waals surface area contributed by atoms with Gasteiger partial charge in [0.2, 0.25) is 0 Å². The summed E-state index contributed by atoms with van der Waals surface area (Å²) in [6, 6.07) is 0.103. The highest BCUT2D eigenvalue weighted by Crippen LogP contribution is 2.45. The maximum absolute atomic E-state index is 11.9. The first-order valence-electron chi connectivity index (χ1n) is 6.90. The van der Waals surface area contributed by atoms with Crippen molar-refractivity contribution in [1.82, 2.24) is 5.32 Å². The number of hydrogen-bond donors (Lipinski definition) is 2. The Hall–Kier alpha value is -0.770. The number of amides is 1. The molecular weight excluding hydrogens is 228 g/mol. The van der Waals surface area contributed by atoms with E-state index in [1.54, 1.807) is 0 Å². The van der Waals surface area contributed by atoms with Gasteiger partial charge in [0.05, 0.1) is 0 Å². The van der Waals surface area contributed by atoms with E-state index in [1.807, 2.05) is 20.8 Å². The number of carbonyl (C=O) groups excluding carboxylic acids is 1. The van der Waals surface area contributed by atoms with E-state index in [2.05, 4.69) is 19.2 Å². The first kappa shape index (κ1) is 15.3. The van der Waals surface area contributed by atoms with Gasteiger partial charge in [-0.15, -0.1) is 0 Å². The van der Waals surface area contributed by atoms with Crippen molar-refractivity contribution in [1.29, 1.82) is 0 Å². The monoisotopic (exact) mass is 256 g/mol. The summed E-state index contributed by atoms with van der Waals surface area (Å²) in [4.78, 5) is 11.9. The largest absolute Gasteiger partial charge is 0.444 e. The number of rotatable bonds is 4. The van der Waals surface area contributed by atoms with Crippen molar-refractivity contribution in [3.8, 4) is 0 Å². The van der Waals surface area contributed by atoms with Crippen molar-refractivity contribution in [3.63, 3.8) is 0 Å². The quantitative estimate of drug-likeness (QED) is 0.812. The summed E-state index contributed by atoms with van der Waals surface area (Å²) in [5.41, 5.74) is 5.54. The van der Waals surface area contributed by atoms with Gasteiger partial charge in [-0.05, 0) is 46.1 Å². The van der Waals surface area contributed by atoms with Gasteiger partial charge in [-0.2, -0.15) is 0 Å². The summed E-state index contributed by atoms with van der Waals surface area (Å²) in [5, 5.41) is 3.03. The molecule has 0 saturated heterocycles. The molecule has 4 heteroatoms. The minimum atomic E-state index is -0.457. The van der Waals surface area contributed by atoms with Crippen LogP contribution in [0.3, 0.4) is 0 Å². The molecule has 0 bridgehead atoms. The Labute approximate surface area is 111 Å². The normalized spacial score (nSPS) is 20.2. The van der Waals surface area contributed by atoms with Crippen LogP contribution in [-0.2, 0) is 4.74 Å². The van der Waals surface area contributed by atoms with Crippen molar-refractivity contribution >= 4 is 6.09 Å². The smallest absolute Gasteiger partial charge is 0.407 e. The summed E-state index contributed by atoms with van der Waals surface area (Å²) >= 11 is 0. The third kappa shape index (κ3) is 3.61. The predicted molar refractivity (Wildman–Crippen MR) is 73.3 cm³/mol. The molecule has 1 unspecified atom stereocenters. The van der Waals surface area contributed by atoms with Crippen molar-refractivity contribution < 1.29 is 9.53 Å². The van der Waals surface area contributed by atoms with Gasteiger partial charge in [0.25, 0.3) is 0 Å². The topological polar surface area (TPSA) is 64.3 Å². The van der Waals surface area contributed by atoms with Gasteiger partial charge < -0.3 is 15.8 Å². The summed E-state index contributed by atoms with van der Waals surface area (Å²) in [7, 11) is 0. The molecule has 0 aromatic heterocycles. The second-order valence-corrected chi connectivity index (χ2v) is 6.79. The zero-order valence-corrected chi connectivity index (χ0v) is 12.4. The highest BCUT2D eigenvalue weighted by atomic mass is 16.6. The maximum Gasteiger partial charge on any atom is 0.407 e. The summed E-state index contributed by atoms with van der Waals surface area (Å²) in [5.74, 6) is 0.362. The van der Waals surface area contributed by atoms with Gasteiger partial charge >= 0.3 is 6.09 Å². The third-order valence-corrected chi connectivity index (χ3v) is 3.75. The number of carbonyl (C=O) groups is 1. The molecule has 0 aromatic rings. The lowest BCUT2D eigenvalue weighted by molar-refractivity contribution is 0.0233. The van der Waals surface area contributed by atoms with Crippen LogP contribution in [0.5, 0.6) is 0 Å². The molecule has 1 saturated carbocycles. The van der Waals surface area contributed by atoms with Crippen LogP contribution in [0.1, 0.15) is 53.9 Å². The standard InChI is InChI=1S/C14H28N2O2/c1-10(2)11(14(9-15)7-6-8-14)16-12(17)18-13(3,4)5/h10-11H,6-9,15H2,1-5H3,(H,16,17). The van der Waals surface area contributed by atoms with Crippen LogP contribution in [-0.4, -0.2) is 24.3 Å². The van der Waals surface area contributed by atoms with Gasteiger partial charge in [0.15, 0.2) is 0 Å². The van der Waals surface area contributed by atoms with Crippen LogP contribution in [0.4, 0.5) is 4.79 Å². The molecule has 106 valence electrons. The molecule has 18 heavy (non-hydrogen) atoms. The Morgan fingerprint density at radius 1 is 1.39 bits per heavy atom. The number of ether oxygens (including phenoxy) is 1. The SMILES string of the molecule is CC(C)C(NC(=O)OC(C)(C)C)C1(CN)CCC1. The molecule has 0 heterocycles. The van der Waals surface area contributed by atoms with Crippen LogP contribution in [0.2, 0.25) is 0 Å². The average molecular weight is 256 g/mol. The summed E-state index contributed by atoms with van der Waals surface area (Å²) < 4.78 is 5.34. The molecule has 0 spiro atoms. The Balaban J connectivity index is 2.67. The second kappa shape index (κ2) is 5.47. The van der Waals surface area contributed by atoms with Gasteiger partial charge in [-0.25, -0.2) is 4.79 Å². The lowest BCUT2D eigenvalue weighted by atomic mass is 9.61. The van der Waals surface area contributed by atoms with Gasteiger partial charge in [0, 0.05) is 11.5 Å². The maximum atomic E-state index is 11.9. The first-order chi connectivity index (χ1) is 8.20. The molecule has 0 radical (unpaired) electrons. The fourth-order valence-corrected chi connectivity index (χ4v) is 2.73. The molecule has 1 aliphatic carbocycles. The first-order valence-corrected chi connectivity index (χ1v) is 6.90. The van der Waals surface area contributed by atoms with E-state index in [0.717, 1.165) is 12.8 Å². The number of nitrogens with two attached hydrogens (primary N) is 1. The molecule has 1 rings (SSSR count). The molecule has 1 atom stereocenters. The van der Waals surface area contributed by atoms with Crippen LogP contribution < -0.4 is 11.1 Å². The fourth-order valence-electron chi connectivity index (χ4n) is 2.73. The van der Waals surface area contributed by atoms with E-state index in [0.29, 0.717) is 12.5 Å². The lowest BCUT2D eigenvalue weighted by Crippen LogP contribution is -2.57. The highest BCUT2D eigenvalue weighted by molar-refractivity contribution is 5.68. The average Bonchev–Trinajstić information content (AvgIpc) is 2.12. The van der Waals surface area contributed by atoms with E-state index in [9.17, 15) is 4.79 Å². The Morgan fingerprint density at radius 3 is 2.22 bits per heavy atom. The van der Waals surface area contributed by atoms with Crippen molar-refractivity contribution in [2.24, 2.45) is 17.1 Å². The van der Waals surface area contributed by atoms with Crippen molar-refractivity contribution in [2.45, 2.75) is 65.5 Å².